The van der Waals surface area contributed by atoms with Gasteiger partial charge in [0.05, 0.1) is 35.3 Å². The second-order valence-electron chi connectivity index (χ2n) is 9.22. The Morgan fingerprint density at radius 3 is 2.68 bits per heavy atom. The number of anilines is 1. The minimum Gasteiger partial charge on any atom is -0.491 e. The fourth-order valence-corrected chi connectivity index (χ4v) is 4.90. The Bertz CT molecular complexity index is 1490. The van der Waals surface area contributed by atoms with Gasteiger partial charge in [-0.15, -0.1) is 0 Å². The van der Waals surface area contributed by atoms with E-state index in [0.717, 1.165) is 17.2 Å². The van der Waals surface area contributed by atoms with Crippen LogP contribution in [0, 0.1) is 0 Å². The second-order valence-corrected chi connectivity index (χ2v) is 9.63. The van der Waals surface area contributed by atoms with Crippen LogP contribution < -0.4 is 10.1 Å². The molecule has 1 fully saturated rings. The van der Waals surface area contributed by atoms with E-state index in [2.05, 4.69) is 10.3 Å². The Kier molecular flexibility index (Phi) is 7.42. The van der Waals surface area contributed by atoms with Crippen LogP contribution in [0.1, 0.15) is 32.7 Å². The van der Waals surface area contributed by atoms with Gasteiger partial charge in [0, 0.05) is 29.1 Å². The van der Waals surface area contributed by atoms with Crippen molar-refractivity contribution < 1.29 is 23.5 Å². The summed E-state index contributed by atoms with van der Waals surface area (Å²) in [5, 5.41) is 3.92. The van der Waals surface area contributed by atoms with Crippen LogP contribution in [0.25, 0.3) is 10.9 Å². The number of H-pyrrole nitrogens is 1. The van der Waals surface area contributed by atoms with Gasteiger partial charge in [0.1, 0.15) is 24.8 Å². The predicted molar refractivity (Wildman–Crippen MR) is 144 cm³/mol. The number of hydrogen-bond donors (Lipinski definition) is 2. The van der Waals surface area contributed by atoms with Crippen LogP contribution in [-0.4, -0.2) is 53.3 Å². The van der Waals surface area contributed by atoms with Gasteiger partial charge < -0.3 is 19.9 Å². The highest BCUT2D eigenvalue weighted by atomic mass is 35.5. The number of amides is 2. The highest BCUT2D eigenvalue weighted by molar-refractivity contribution is 6.34. The zero-order valence-electron chi connectivity index (χ0n) is 20.3. The molecule has 5 rings (SSSR count). The summed E-state index contributed by atoms with van der Waals surface area (Å²) < 4.78 is 20.0. The lowest BCUT2D eigenvalue weighted by Gasteiger charge is -2.24. The number of fused-ring (bicyclic) bond motifs is 1. The first kappa shape index (κ1) is 25.5. The number of carbonyl (C=O) groups excluding carboxylic acids is 3. The van der Waals surface area contributed by atoms with E-state index in [1.807, 2.05) is 24.3 Å². The highest BCUT2D eigenvalue weighted by Crippen LogP contribution is 2.27. The van der Waals surface area contributed by atoms with Crippen molar-refractivity contribution in [2.75, 3.05) is 18.5 Å². The van der Waals surface area contributed by atoms with Gasteiger partial charge in [-0.1, -0.05) is 35.9 Å². The number of nitrogens with one attached hydrogen (secondary N) is 2. The maximum Gasteiger partial charge on any atom is 0.257 e. The van der Waals surface area contributed by atoms with Crippen molar-refractivity contribution in [3.8, 4) is 5.75 Å². The second kappa shape index (κ2) is 11.1. The Morgan fingerprint density at radius 1 is 1.13 bits per heavy atom. The Labute approximate surface area is 223 Å². The first-order chi connectivity index (χ1) is 18.4. The molecule has 0 spiro atoms. The van der Waals surface area contributed by atoms with E-state index in [1.165, 1.54) is 4.90 Å². The summed E-state index contributed by atoms with van der Waals surface area (Å²) in [7, 11) is 0. The fraction of sp³-hybridized carbons (Fsp3) is 0.207. The molecule has 0 aliphatic carbocycles. The van der Waals surface area contributed by atoms with Crippen molar-refractivity contribution in [1.82, 2.24) is 9.88 Å². The number of hydrogen-bond acceptors (Lipinski definition) is 4. The lowest BCUT2D eigenvalue weighted by molar-refractivity contribution is -0.132. The van der Waals surface area contributed by atoms with Gasteiger partial charge in [0.15, 0.2) is 0 Å². The average molecular weight is 534 g/mol. The lowest BCUT2D eigenvalue weighted by atomic mass is 10.1. The summed E-state index contributed by atoms with van der Waals surface area (Å²) in [5.74, 6) is 0.00642. The standard InChI is InChI=1S/C29H25ClFN3O4/c30-25-11-19(7-10-27(25)33-29(37)24-14-32-26-4-2-1-3-23(24)26)12-28(36)34-15-20(31)13-21(34)17-38-22-8-5-18(16-35)6-9-22/h1-11,14,16,20-21,32H,12-13,15,17H2,(H,33,37)/t20-,21-/m0/s1. The molecular weight excluding hydrogens is 509 g/mol. The van der Waals surface area contributed by atoms with Crippen molar-refractivity contribution in [2.45, 2.75) is 25.1 Å². The van der Waals surface area contributed by atoms with E-state index >= 15 is 0 Å². The molecule has 2 amide bonds. The zero-order chi connectivity index (χ0) is 26.6. The number of carbonyl (C=O) groups is 3. The summed E-state index contributed by atoms with van der Waals surface area (Å²) in [6.07, 6.45) is 1.49. The molecule has 1 aliphatic heterocycles. The molecule has 0 bridgehead atoms. The van der Waals surface area contributed by atoms with Crippen molar-refractivity contribution in [3.63, 3.8) is 0 Å². The summed E-state index contributed by atoms with van der Waals surface area (Å²) in [6.45, 7) is 0.148. The number of rotatable bonds is 8. The van der Waals surface area contributed by atoms with Crippen molar-refractivity contribution in [3.05, 3.63) is 94.6 Å². The molecule has 0 radical (unpaired) electrons. The van der Waals surface area contributed by atoms with Crippen LogP contribution in [0.2, 0.25) is 5.02 Å². The Balaban J connectivity index is 1.21. The number of aromatic amines is 1. The third kappa shape index (κ3) is 5.55. The van der Waals surface area contributed by atoms with Crippen LogP contribution in [0.4, 0.5) is 10.1 Å². The number of benzene rings is 3. The first-order valence-corrected chi connectivity index (χ1v) is 12.6. The number of para-hydroxylation sites is 1. The van der Waals surface area contributed by atoms with Crippen LogP contribution in [0.5, 0.6) is 5.75 Å². The molecule has 194 valence electrons. The van der Waals surface area contributed by atoms with Gasteiger partial charge in [0.25, 0.3) is 5.91 Å². The third-order valence-corrected chi connectivity index (χ3v) is 6.93. The van der Waals surface area contributed by atoms with Gasteiger partial charge in [-0.2, -0.15) is 0 Å². The fourth-order valence-electron chi connectivity index (χ4n) is 4.65. The summed E-state index contributed by atoms with van der Waals surface area (Å²) >= 11 is 6.44. The summed E-state index contributed by atoms with van der Waals surface area (Å²) in [5.41, 5.74) is 2.96. The number of alkyl halides is 1. The molecule has 1 aromatic heterocycles. The van der Waals surface area contributed by atoms with Gasteiger partial charge in [-0.05, 0) is 48.0 Å². The third-order valence-electron chi connectivity index (χ3n) is 6.61. The Morgan fingerprint density at radius 2 is 1.92 bits per heavy atom. The van der Waals surface area contributed by atoms with Gasteiger partial charge >= 0.3 is 0 Å². The Hall–Kier alpha value is -4.17. The lowest BCUT2D eigenvalue weighted by Crippen LogP contribution is -2.40. The predicted octanol–water partition coefficient (Wildman–Crippen LogP) is 5.45. The quantitative estimate of drug-likeness (QED) is 0.295. The molecule has 0 saturated carbocycles. The minimum atomic E-state index is -1.13. The maximum atomic E-state index is 14.2. The molecule has 2 atom stereocenters. The minimum absolute atomic E-state index is 0.00341. The molecule has 9 heteroatoms. The first-order valence-electron chi connectivity index (χ1n) is 12.2. The van der Waals surface area contributed by atoms with Gasteiger partial charge in [-0.3, -0.25) is 14.4 Å². The van der Waals surface area contributed by atoms with Crippen molar-refractivity contribution >= 4 is 46.3 Å². The molecule has 1 saturated heterocycles. The largest absolute Gasteiger partial charge is 0.491 e. The number of nitrogens with zero attached hydrogens (tertiary/aromatic N) is 1. The van der Waals surface area contributed by atoms with E-state index in [0.29, 0.717) is 33.1 Å². The van der Waals surface area contributed by atoms with Crippen LogP contribution in [-0.2, 0) is 11.2 Å². The van der Waals surface area contributed by atoms with E-state index in [9.17, 15) is 18.8 Å². The molecule has 2 heterocycles. The smallest absolute Gasteiger partial charge is 0.257 e. The van der Waals surface area contributed by atoms with E-state index < -0.39 is 12.2 Å². The highest BCUT2D eigenvalue weighted by Gasteiger charge is 2.35. The SMILES string of the molecule is O=Cc1ccc(OC[C@@H]2C[C@H](F)CN2C(=O)Cc2ccc(NC(=O)c3c[nH]c4ccccc34)c(Cl)c2)cc1. The van der Waals surface area contributed by atoms with Gasteiger partial charge in [-0.25, -0.2) is 4.39 Å². The monoisotopic (exact) mass is 533 g/mol. The van der Waals surface area contributed by atoms with E-state index in [4.69, 9.17) is 16.3 Å². The van der Waals surface area contributed by atoms with Crippen LogP contribution in [0.15, 0.2) is 72.9 Å². The molecular formula is C29H25ClFN3O4. The van der Waals surface area contributed by atoms with Crippen LogP contribution in [0.3, 0.4) is 0 Å². The molecule has 0 unspecified atom stereocenters. The summed E-state index contributed by atoms with van der Waals surface area (Å²) in [4.78, 5) is 41.3. The molecule has 2 N–H and O–H groups in total. The number of aromatic nitrogens is 1. The molecule has 1 aliphatic rings. The van der Waals surface area contributed by atoms with Crippen LogP contribution >= 0.6 is 11.6 Å². The summed E-state index contributed by atoms with van der Waals surface area (Å²) in [6, 6.07) is 18.7. The van der Waals surface area contributed by atoms with E-state index in [-0.39, 0.29) is 37.8 Å². The van der Waals surface area contributed by atoms with Gasteiger partial charge in [0.2, 0.25) is 5.91 Å². The van der Waals surface area contributed by atoms with E-state index in [1.54, 1.807) is 48.7 Å². The maximum absolute atomic E-state index is 14.2. The van der Waals surface area contributed by atoms with Crippen molar-refractivity contribution in [2.24, 2.45) is 0 Å². The van der Waals surface area contributed by atoms with Crippen molar-refractivity contribution in [1.29, 1.82) is 0 Å². The normalized spacial score (nSPS) is 16.9. The number of likely N-dealkylation sites (tertiary alicyclic amines) is 1. The molecule has 3 aromatic carbocycles. The number of aldehydes is 1. The number of halogens is 2. The number of ether oxygens (including phenoxy) is 1. The topological polar surface area (TPSA) is 91.5 Å². The molecule has 4 aromatic rings. The molecule has 7 nitrogen and oxygen atoms in total. The molecule has 38 heavy (non-hydrogen) atoms. The zero-order valence-corrected chi connectivity index (χ0v) is 21.1. The average Bonchev–Trinajstić information content (AvgIpc) is 3.52.